The van der Waals surface area contributed by atoms with E-state index in [0.29, 0.717) is 11.1 Å². The van der Waals surface area contributed by atoms with Gasteiger partial charge in [-0.05, 0) is 60.1 Å². The lowest BCUT2D eigenvalue weighted by atomic mass is 9.99. The first-order valence-electron chi connectivity index (χ1n) is 21.5. The Balaban J connectivity index is 2.36. The lowest BCUT2D eigenvalue weighted by molar-refractivity contribution is -0.144. The highest BCUT2D eigenvalue weighted by atomic mass is 16.4. The van der Waals surface area contributed by atoms with Crippen molar-refractivity contribution in [2.45, 2.75) is 110 Å². The Morgan fingerprint density at radius 3 is 1.22 bits per heavy atom. The number of phenols is 2. The Bertz CT molecular complexity index is 2030. The number of aliphatic hydroxyl groups excluding tert-OH is 2. The van der Waals surface area contributed by atoms with Gasteiger partial charge in [-0.25, -0.2) is 4.79 Å². The number of aliphatic hydroxyl groups is 2. The van der Waals surface area contributed by atoms with Gasteiger partial charge >= 0.3 is 5.97 Å². The summed E-state index contributed by atoms with van der Waals surface area (Å²) in [5, 5.41) is 68.7. The normalized spacial score (nSPS) is 14.8. The van der Waals surface area contributed by atoms with Crippen LogP contribution < -0.4 is 48.3 Å². The zero-order chi connectivity index (χ0) is 50.7. The van der Waals surface area contributed by atoms with Crippen LogP contribution in [-0.2, 0) is 56.0 Å². The first-order chi connectivity index (χ1) is 31.4. The lowest BCUT2D eigenvalue weighted by Gasteiger charge is -2.29. The van der Waals surface area contributed by atoms with Crippen molar-refractivity contribution >= 4 is 53.2 Å². The summed E-state index contributed by atoms with van der Waals surface area (Å²) in [6, 6.07) is 0.105. The minimum absolute atomic E-state index is 0.0988. The molecule has 0 saturated heterocycles. The molecule has 2 rings (SSSR count). The predicted molar refractivity (Wildman–Crippen MR) is 240 cm³/mol. The second kappa shape index (κ2) is 26.9. The summed E-state index contributed by atoms with van der Waals surface area (Å²) < 4.78 is 0. The number of hydrogen-bond acceptors (Lipinski definition) is 14. The molecule has 0 aromatic heterocycles. The van der Waals surface area contributed by atoms with Gasteiger partial charge in [-0.15, -0.1) is 0 Å². The molecule has 370 valence electrons. The quantitative estimate of drug-likeness (QED) is 0.0441. The third-order valence-corrected chi connectivity index (χ3v) is 10.2. The maximum Gasteiger partial charge on any atom is 0.326 e. The van der Waals surface area contributed by atoms with Gasteiger partial charge in [0.2, 0.25) is 47.3 Å². The Morgan fingerprint density at radius 1 is 0.463 bits per heavy atom. The average Bonchev–Trinajstić information content (AvgIpc) is 3.26. The van der Waals surface area contributed by atoms with Crippen LogP contribution in [0, 0.1) is 17.8 Å². The van der Waals surface area contributed by atoms with Crippen LogP contribution >= 0.6 is 0 Å². The number of rotatable bonds is 26. The summed E-state index contributed by atoms with van der Waals surface area (Å²) in [6.07, 6.45) is -0.480. The number of carbonyl (C=O) groups excluding carboxylic acids is 8. The molecule has 2 aromatic carbocycles. The van der Waals surface area contributed by atoms with E-state index in [-0.39, 0.29) is 24.3 Å². The second-order valence-corrected chi connectivity index (χ2v) is 16.9. The van der Waals surface area contributed by atoms with Gasteiger partial charge < -0.3 is 73.8 Å². The van der Waals surface area contributed by atoms with Crippen LogP contribution in [0.4, 0.5) is 0 Å². The molecule has 0 heterocycles. The maximum absolute atomic E-state index is 14.1. The molecule has 8 amide bonds. The van der Waals surface area contributed by atoms with E-state index in [1.165, 1.54) is 55.5 Å². The Labute approximate surface area is 387 Å². The van der Waals surface area contributed by atoms with Gasteiger partial charge in [-0.1, -0.05) is 65.8 Å². The molecule has 2 aromatic rings. The molecule has 0 aliphatic rings. The van der Waals surface area contributed by atoms with E-state index >= 15 is 0 Å². The molecular weight excluding hydrogens is 879 g/mol. The lowest BCUT2D eigenvalue weighted by Crippen LogP contribution is -2.61. The van der Waals surface area contributed by atoms with Crippen LogP contribution in [0.1, 0.15) is 59.6 Å². The third-order valence-electron chi connectivity index (χ3n) is 10.2. The number of hydrogen-bond donors (Lipinski definition) is 14. The number of aromatic hydroxyl groups is 2. The topological polar surface area (TPSA) is 377 Å². The summed E-state index contributed by atoms with van der Waals surface area (Å²) in [7, 11) is 0. The summed E-state index contributed by atoms with van der Waals surface area (Å²) in [5.74, 6) is -10.3. The molecular formula is C44H65N9O14. The van der Waals surface area contributed by atoms with Crippen molar-refractivity contribution in [3.63, 3.8) is 0 Å². The Hall–Kier alpha value is -6.85. The molecule has 23 heteroatoms. The number of nitrogens with two attached hydrogens (primary N) is 1. The summed E-state index contributed by atoms with van der Waals surface area (Å²) in [4.78, 5) is 118. The van der Waals surface area contributed by atoms with Crippen molar-refractivity contribution in [3.8, 4) is 11.5 Å². The molecule has 0 radical (unpaired) electrons. The van der Waals surface area contributed by atoms with E-state index in [4.69, 9.17) is 5.73 Å². The molecule has 0 unspecified atom stereocenters. The van der Waals surface area contributed by atoms with Gasteiger partial charge in [0.05, 0.1) is 25.8 Å². The smallest absolute Gasteiger partial charge is 0.326 e. The van der Waals surface area contributed by atoms with Crippen LogP contribution in [0.3, 0.4) is 0 Å². The molecule has 0 saturated carbocycles. The summed E-state index contributed by atoms with van der Waals surface area (Å²) in [6.45, 7) is 8.37. The zero-order valence-corrected chi connectivity index (χ0v) is 38.5. The van der Waals surface area contributed by atoms with Crippen molar-refractivity contribution in [1.82, 2.24) is 42.5 Å². The second-order valence-electron chi connectivity index (χ2n) is 16.9. The fourth-order valence-corrected chi connectivity index (χ4v) is 6.25. The fraction of sp³-hybridized carbons (Fsp3) is 0.523. The highest BCUT2D eigenvalue weighted by molar-refractivity contribution is 5.98. The van der Waals surface area contributed by atoms with E-state index in [0.717, 1.165) is 0 Å². The van der Waals surface area contributed by atoms with Gasteiger partial charge in [0, 0.05) is 12.8 Å². The number of carboxylic acid groups (broad SMARTS) is 1. The summed E-state index contributed by atoms with van der Waals surface area (Å²) in [5.41, 5.74) is 6.43. The number of carbonyl (C=O) groups is 9. The molecule has 67 heavy (non-hydrogen) atoms. The van der Waals surface area contributed by atoms with Crippen LogP contribution in [0.15, 0.2) is 48.5 Å². The van der Waals surface area contributed by atoms with E-state index in [9.17, 15) is 68.7 Å². The van der Waals surface area contributed by atoms with Crippen molar-refractivity contribution < 1.29 is 68.7 Å². The van der Waals surface area contributed by atoms with E-state index in [1.54, 1.807) is 41.5 Å². The third kappa shape index (κ3) is 18.5. The molecule has 0 fully saturated rings. The minimum Gasteiger partial charge on any atom is -0.508 e. The summed E-state index contributed by atoms with van der Waals surface area (Å²) >= 11 is 0. The predicted octanol–water partition coefficient (Wildman–Crippen LogP) is -3.22. The van der Waals surface area contributed by atoms with E-state index in [2.05, 4.69) is 42.5 Å². The first-order valence-corrected chi connectivity index (χ1v) is 21.5. The van der Waals surface area contributed by atoms with Gasteiger partial charge in [-0.2, -0.15) is 0 Å². The fourth-order valence-electron chi connectivity index (χ4n) is 6.25. The number of benzene rings is 2. The van der Waals surface area contributed by atoms with E-state index in [1.807, 2.05) is 0 Å². The number of amides is 8. The molecule has 0 aliphatic carbocycles. The van der Waals surface area contributed by atoms with Gasteiger partial charge in [0.25, 0.3) is 0 Å². The average molecular weight is 944 g/mol. The van der Waals surface area contributed by atoms with Crippen LogP contribution in [-0.4, -0.2) is 147 Å². The Morgan fingerprint density at radius 2 is 0.806 bits per heavy atom. The molecule has 23 nitrogen and oxygen atoms in total. The monoisotopic (exact) mass is 943 g/mol. The number of nitrogens with one attached hydrogen (secondary N) is 8. The van der Waals surface area contributed by atoms with E-state index < -0.39 is 139 Å². The van der Waals surface area contributed by atoms with Crippen LogP contribution in [0.25, 0.3) is 0 Å². The van der Waals surface area contributed by atoms with Gasteiger partial charge in [0.15, 0.2) is 0 Å². The molecule has 0 spiro atoms. The van der Waals surface area contributed by atoms with Gasteiger partial charge in [0.1, 0.15) is 53.8 Å². The van der Waals surface area contributed by atoms with Crippen LogP contribution in [0.5, 0.6) is 11.5 Å². The van der Waals surface area contributed by atoms with Crippen molar-refractivity contribution in [1.29, 1.82) is 0 Å². The highest BCUT2D eigenvalue weighted by Gasteiger charge is 2.35. The number of phenolic OH excluding ortho intramolecular Hbond substituents is 2. The van der Waals surface area contributed by atoms with Crippen LogP contribution in [0.2, 0.25) is 0 Å². The van der Waals surface area contributed by atoms with Gasteiger partial charge in [-0.3, -0.25) is 38.4 Å². The Kier molecular flexibility index (Phi) is 22.6. The number of aliphatic carboxylic acids is 1. The SMILES string of the molecule is CC(C)[C@H](NC(=O)[C@H](CO)NC(=O)[C@H](Cc1ccc(O)cc1)NC(=O)[C@@H](NC(=O)[C@H](Cc1ccc(O)cc1)NC(=O)[C@H](CO)NC(=O)CNC(=O)[C@@H](NC(=O)[C@H](C)N)C(C)C)C(C)C)C(=O)O. The van der Waals surface area contributed by atoms with Crippen molar-refractivity contribution in [2.75, 3.05) is 19.8 Å². The molecule has 0 aliphatic heterocycles. The largest absolute Gasteiger partial charge is 0.508 e. The standard InChI is InChI=1S/C44H65N9O14/c1-21(2)34(51-37(59)24(7)45)42(64)46-18-33(58)47-31(19-54)40(62)48-30(17-26-10-14-28(57)15-11-26)39(61)52-35(22(3)4)43(65)49-29(16-25-8-12-27(56)13-9-25)38(60)50-32(20-55)41(63)53-36(23(5)6)44(66)67/h8-15,21-24,29-32,34-36,54-57H,16-20,45H2,1-7H3,(H,46,64)(H,47,58)(H,48,62)(H,49,65)(H,50,60)(H,51,59)(H,52,61)(H,53,63)(H,66,67)/t24-,29-,30-,31-,32-,34-,35-,36-/m0/s1. The molecule has 15 N–H and O–H groups in total. The minimum atomic E-state index is -1.66. The molecule has 8 atom stereocenters. The van der Waals surface area contributed by atoms with Crippen molar-refractivity contribution in [2.24, 2.45) is 23.5 Å². The maximum atomic E-state index is 14.1. The highest BCUT2D eigenvalue weighted by Crippen LogP contribution is 2.15. The first kappa shape index (κ1) is 56.3. The molecule has 0 bridgehead atoms. The zero-order valence-electron chi connectivity index (χ0n) is 38.5. The van der Waals surface area contributed by atoms with Crippen molar-refractivity contribution in [3.05, 3.63) is 59.7 Å². The number of carboxylic acids is 1.